The molecule has 3 aliphatic heterocycles. The first-order valence-electron chi connectivity index (χ1n) is 17.9. The molecule has 3 saturated heterocycles. The number of ketones is 1. The standard InChI is InChI=1S/C38H60N2O9/c1-26(11-14-36-27(2)21-35(30(5)48-36)40-37(43)15-12-29(4)47-31(6)41)10-13-33-23-38(25-46-38)24-34(49-33)22-32(42)9-8-17-44-19-20-45-18-16-28(3)39-7/h10-13,15,27,29-30,33-36,39H,3,8-9,14,16-25H2,1-2,4-7H3,(H,40,43)/b13-10+,15-12-,26-11+/t27-,29-,30+,33+,34+,35+,36-,38-/m0/s1. The molecule has 8 atom stereocenters. The van der Waals surface area contributed by atoms with E-state index in [0.29, 0.717) is 45.7 Å². The van der Waals surface area contributed by atoms with Crippen LogP contribution in [-0.4, -0.2) is 99.9 Å². The highest BCUT2D eigenvalue weighted by Gasteiger charge is 2.51. The fourth-order valence-electron chi connectivity index (χ4n) is 6.25. The molecule has 3 fully saturated rings. The highest BCUT2D eigenvalue weighted by Crippen LogP contribution is 2.43. The number of Topliss-reactive ketones (excluding diaryl/α,β-unsaturated/α-hetero) is 1. The van der Waals surface area contributed by atoms with E-state index in [0.717, 1.165) is 50.0 Å². The first-order valence-corrected chi connectivity index (χ1v) is 17.9. The minimum atomic E-state index is -0.465. The SMILES string of the molecule is C=C(CCOCCOCCCC(=O)C[C@@H]1C[C@]2(CO2)C[C@@H](/C=C/C(C)=C/C[C@@H]2O[C@H](C)[C@H](NC(=O)/C=C\[C@H](C)OC(C)=O)C[C@@H]2C)O1)NC. The van der Waals surface area contributed by atoms with Crippen molar-refractivity contribution in [2.45, 2.75) is 128 Å². The van der Waals surface area contributed by atoms with Crippen LogP contribution in [0.4, 0.5) is 0 Å². The van der Waals surface area contributed by atoms with E-state index < -0.39 is 6.10 Å². The van der Waals surface area contributed by atoms with E-state index in [9.17, 15) is 14.4 Å². The Bertz CT molecular complexity index is 1180. The molecule has 2 N–H and O–H groups in total. The van der Waals surface area contributed by atoms with Gasteiger partial charge in [0.05, 0.1) is 62.5 Å². The van der Waals surface area contributed by atoms with Gasteiger partial charge in [-0.1, -0.05) is 37.3 Å². The van der Waals surface area contributed by atoms with Gasteiger partial charge < -0.3 is 39.1 Å². The van der Waals surface area contributed by atoms with Gasteiger partial charge in [0.1, 0.15) is 11.9 Å². The summed E-state index contributed by atoms with van der Waals surface area (Å²) in [6, 6.07) is -0.101. The van der Waals surface area contributed by atoms with Crippen LogP contribution in [0.3, 0.4) is 0 Å². The van der Waals surface area contributed by atoms with Crippen molar-refractivity contribution in [3.05, 3.63) is 48.2 Å². The van der Waals surface area contributed by atoms with Crippen molar-refractivity contribution >= 4 is 17.7 Å². The molecule has 1 amide bonds. The van der Waals surface area contributed by atoms with Gasteiger partial charge in [-0.25, -0.2) is 0 Å². The number of allylic oxidation sites excluding steroid dienone is 2. The molecule has 0 saturated carbocycles. The predicted octanol–water partition coefficient (Wildman–Crippen LogP) is 4.90. The van der Waals surface area contributed by atoms with Crippen LogP contribution in [0.5, 0.6) is 0 Å². The third-order valence-electron chi connectivity index (χ3n) is 9.23. The minimum Gasteiger partial charge on any atom is -0.459 e. The third-order valence-corrected chi connectivity index (χ3v) is 9.23. The fraction of sp³-hybridized carbons (Fsp3) is 0.711. The van der Waals surface area contributed by atoms with Crippen molar-refractivity contribution in [2.75, 3.05) is 40.1 Å². The molecule has 0 aliphatic carbocycles. The fourth-order valence-corrected chi connectivity index (χ4v) is 6.25. The van der Waals surface area contributed by atoms with Gasteiger partial charge in [-0.05, 0) is 52.0 Å². The number of amides is 1. The Kier molecular flexibility index (Phi) is 17.2. The lowest BCUT2D eigenvalue weighted by Crippen LogP contribution is -2.50. The number of nitrogens with one attached hydrogen (secondary N) is 2. The van der Waals surface area contributed by atoms with E-state index in [1.54, 1.807) is 13.0 Å². The monoisotopic (exact) mass is 688 g/mol. The van der Waals surface area contributed by atoms with Gasteiger partial charge in [0.25, 0.3) is 0 Å². The van der Waals surface area contributed by atoms with Crippen LogP contribution in [-0.2, 0) is 42.8 Å². The molecule has 0 unspecified atom stereocenters. The van der Waals surface area contributed by atoms with Crippen LogP contribution in [0.15, 0.2) is 48.2 Å². The Morgan fingerprint density at radius 3 is 2.45 bits per heavy atom. The van der Waals surface area contributed by atoms with Crippen molar-refractivity contribution in [1.82, 2.24) is 10.6 Å². The van der Waals surface area contributed by atoms with Crippen LogP contribution < -0.4 is 10.6 Å². The summed E-state index contributed by atoms with van der Waals surface area (Å²) in [5.74, 6) is -0.171. The summed E-state index contributed by atoms with van der Waals surface area (Å²) in [6.07, 6.45) is 14.0. The zero-order chi connectivity index (χ0) is 35.8. The smallest absolute Gasteiger partial charge is 0.303 e. The van der Waals surface area contributed by atoms with Gasteiger partial charge in [-0.15, -0.1) is 0 Å². The highest BCUT2D eigenvalue weighted by molar-refractivity contribution is 5.87. The molecule has 49 heavy (non-hydrogen) atoms. The van der Waals surface area contributed by atoms with Gasteiger partial charge in [0, 0.05) is 64.5 Å². The Labute approximate surface area is 293 Å². The predicted molar refractivity (Wildman–Crippen MR) is 188 cm³/mol. The number of hydrogen-bond acceptors (Lipinski definition) is 10. The summed E-state index contributed by atoms with van der Waals surface area (Å²) >= 11 is 0. The van der Waals surface area contributed by atoms with Crippen LogP contribution in [0.2, 0.25) is 0 Å². The number of carbonyl (C=O) groups is 3. The van der Waals surface area contributed by atoms with E-state index in [4.69, 9.17) is 28.4 Å². The molecule has 276 valence electrons. The van der Waals surface area contributed by atoms with E-state index in [1.165, 1.54) is 13.0 Å². The Morgan fingerprint density at radius 2 is 1.76 bits per heavy atom. The minimum absolute atomic E-state index is 0.0448. The number of ether oxygens (including phenoxy) is 6. The van der Waals surface area contributed by atoms with Gasteiger partial charge in [-0.2, -0.15) is 0 Å². The first kappa shape index (κ1) is 40.6. The molecule has 11 nitrogen and oxygen atoms in total. The average Bonchev–Trinajstić information content (AvgIpc) is 3.79. The summed E-state index contributed by atoms with van der Waals surface area (Å²) in [5.41, 5.74) is 1.90. The number of rotatable bonds is 21. The summed E-state index contributed by atoms with van der Waals surface area (Å²) < 4.78 is 34.7. The lowest BCUT2D eigenvalue weighted by atomic mass is 9.88. The second-order valence-corrected chi connectivity index (χ2v) is 13.8. The molecule has 3 aliphatic rings. The molecule has 3 heterocycles. The average molecular weight is 689 g/mol. The molecule has 0 aromatic carbocycles. The van der Waals surface area contributed by atoms with E-state index in [2.05, 4.69) is 49.3 Å². The molecule has 1 spiro atoms. The third kappa shape index (κ3) is 15.7. The number of carbonyl (C=O) groups excluding carboxylic acids is 3. The number of epoxide rings is 1. The second-order valence-electron chi connectivity index (χ2n) is 13.8. The topological polar surface area (TPSA) is 134 Å². The van der Waals surface area contributed by atoms with Gasteiger partial charge in [0.15, 0.2) is 0 Å². The highest BCUT2D eigenvalue weighted by atomic mass is 16.6. The Hall–Kier alpha value is -2.83. The second kappa shape index (κ2) is 20.7. The zero-order valence-corrected chi connectivity index (χ0v) is 30.5. The van der Waals surface area contributed by atoms with E-state index in [1.807, 2.05) is 14.0 Å². The quantitative estimate of drug-likeness (QED) is 0.0564. The summed E-state index contributed by atoms with van der Waals surface area (Å²) in [6.45, 7) is 16.0. The molecule has 3 rings (SSSR count). The van der Waals surface area contributed by atoms with E-state index >= 15 is 0 Å². The van der Waals surface area contributed by atoms with Crippen molar-refractivity contribution in [2.24, 2.45) is 5.92 Å². The molecule has 0 bridgehead atoms. The lowest BCUT2D eigenvalue weighted by Gasteiger charge is -2.39. The normalized spacial score (nSPS) is 29.2. The zero-order valence-electron chi connectivity index (χ0n) is 30.5. The first-order chi connectivity index (χ1) is 23.4. The summed E-state index contributed by atoms with van der Waals surface area (Å²) in [7, 11) is 1.85. The van der Waals surface area contributed by atoms with Crippen LogP contribution >= 0.6 is 0 Å². The van der Waals surface area contributed by atoms with Crippen LogP contribution in [0.25, 0.3) is 0 Å². The van der Waals surface area contributed by atoms with Crippen molar-refractivity contribution < 1.29 is 42.8 Å². The molecular weight excluding hydrogens is 628 g/mol. The molecule has 0 aromatic heterocycles. The van der Waals surface area contributed by atoms with Gasteiger partial charge >= 0.3 is 5.97 Å². The maximum atomic E-state index is 12.7. The maximum absolute atomic E-state index is 12.7. The number of esters is 1. The molecule has 11 heteroatoms. The Morgan fingerprint density at radius 1 is 1.02 bits per heavy atom. The van der Waals surface area contributed by atoms with Crippen LogP contribution in [0.1, 0.15) is 86.0 Å². The maximum Gasteiger partial charge on any atom is 0.303 e. The van der Waals surface area contributed by atoms with Crippen molar-refractivity contribution in [3.63, 3.8) is 0 Å². The Balaban J connectivity index is 1.36. The number of hydrogen-bond donors (Lipinski definition) is 2. The van der Waals surface area contributed by atoms with Crippen LogP contribution in [0, 0.1) is 5.92 Å². The van der Waals surface area contributed by atoms with Crippen molar-refractivity contribution in [1.29, 1.82) is 0 Å². The summed E-state index contributed by atoms with van der Waals surface area (Å²) in [4.78, 5) is 36.2. The molecule has 0 radical (unpaired) electrons. The molecule has 0 aromatic rings. The summed E-state index contributed by atoms with van der Waals surface area (Å²) in [5, 5.41) is 6.02. The van der Waals surface area contributed by atoms with Gasteiger partial charge in [-0.3, -0.25) is 14.4 Å². The van der Waals surface area contributed by atoms with Crippen molar-refractivity contribution in [3.8, 4) is 0 Å². The van der Waals surface area contributed by atoms with E-state index in [-0.39, 0.29) is 59.6 Å². The van der Waals surface area contributed by atoms with Gasteiger partial charge in [0.2, 0.25) is 5.91 Å². The lowest BCUT2D eigenvalue weighted by molar-refractivity contribution is -0.143. The largest absolute Gasteiger partial charge is 0.459 e. The molecular formula is C38H60N2O9.